The van der Waals surface area contributed by atoms with Crippen LogP contribution >= 0.6 is 11.3 Å². The number of thiophene rings is 1. The van der Waals surface area contributed by atoms with Gasteiger partial charge >= 0.3 is 0 Å². The second-order valence-electron chi connectivity index (χ2n) is 4.84. The summed E-state index contributed by atoms with van der Waals surface area (Å²) in [7, 11) is 0. The molecule has 3 heteroatoms. The van der Waals surface area contributed by atoms with Crippen LogP contribution in [0.1, 0.15) is 34.1 Å². The van der Waals surface area contributed by atoms with E-state index in [1.54, 1.807) is 11.3 Å². The van der Waals surface area contributed by atoms with Crippen molar-refractivity contribution in [1.29, 1.82) is 0 Å². The number of rotatable bonds is 5. The Bertz CT molecular complexity index is 533. The van der Waals surface area contributed by atoms with Crippen LogP contribution in [0, 0.1) is 6.92 Å². The van der Waals surface area contributed by atoms with Crippen molar-refractivity contribution in [2.75, 3.05) is 0 Å². The van der Waals surface area contributed by atoms with Crippen LogP contribution in [-0.2, 0) is 6.42 Å². The van der Waals surface area contributed by atoms with E-state index < -0.39 is 0 Å². The highest BCUT2D eigenvalue weighted by atomic mass is 32.1. The second-order valence-corrected chi connectivity index (χ2v) is 5.96. The van der Waals surface area contributed by atoms with Gasteiger partial charge < -0.3 is 5.32 Å². The summed E-state index contributed by atoms with van der Waals surface area (Å²) in [5.74, 6) is 0.0323. The molecular formula is C16H19NOS. The summed E-state index contributed by atoms with van der Waals surface area (Å²) in [5, 5.41) is 4.96. The molecule has 0 aliphatic heterocycles. The summed E-state index contributed by atoms with van der Waals surface area (Å²) in [5.41, 5.74) is 2.09. The van der Waals surface area contributed by atoms with Gasteiger partial charge in [0.2, 0.25) is 0 Å². The van der Waals surface area contributed by atoms with Crippen LogP contribution in [-0.4, -0.2) is 11.9 Å². The summed E-state index contributed by atoms with van der Waals surface area (Å²) < 4.78 is 0. The van der Waals surface area contributed by atoms with Gasteiger partial charge in [0.05, 0.1) is 5.56 Å². The van der Waals surface area contributed by atoms with E-state index in [1.165, 1.54) is 10.4 Å². The maximum atomic E-state index is 12.0. The third kappa shape index (κ3) is 4.21. The van der Waals surface area contributed by atoms with Gasteiger partial charge in [-0.25, -0.2) is 0 Å². The molecule has 2 aromatic rings. The maximum Gasteiger partial charge on any atom is 0.252 e. The van der Waals surface area contributed by atoms with E-state index in [1.807, 2.05) is 36.6 Å². The molecule has 1 aromatic carbocycles. The lowest BCUT2D eigenvalue weighted by Gasteiger charge is -2.13. The first-order valence-corrected chi connectivity index (χ1v) is 7.43. The zero-order chi connectivity index (χ0) is 13.7. The number of amides is 1. The molecule has 1 N–H and O–H groups in total. The van der Waals surface area contributed by atoms with Crippen LogP contribution in [0.5, 0.6) is 0 Å². The van der Waals surface area contributed by atoms with Crippen molar-refractivity contribution < 1.29 is 4.79 Å². The van der Waals surface area contributed by atoms with E-state index in [-0.39, 0.29) is 11.9 Å². The largest absolute Gasteiger partial charge is 0.350 e. The number of carbonyl (C=O) groups is 1. The number of hydrogen-bond acceptors (Lipinski definition) is 2. The lowest BCUT2D eigenvalue weighted by Crippen LogP contribution is -2.32. The normalized spacial score (nSPS) is 12.1. The molecule has 0 saturated carbocycles. The first kappa shape index (κ1) is 13.8. The fourth-order valence-electron chi connectivity index (χ4n) is 1.97. The monoisotopic (exact) mass is 273 g/mol. The summed E-state index contributed by atoms with van der Waals surface area (Å²) in [6, 6.07) is 12.5. The number of benzene rings is 1. The molecule has 1 heterocycles. The summed E-state index contributed by atoms with van der Waals surface area (Å²) in [6.07, 6.45) is 1.95. The minimum atomic E-state index is 0.0323. The van der Waals surface area contributed by atoms with E-state index in [4.69, 9.17) is 0 Å². The van der Waals surface area contributed by atoms with Crippen LogP contribution in [0.15, 0.2) is 41.8 Å². The Morgan fingerprint density at radius 3 is 2.68 bits per heavy atom. The minimum absolute atomic E-state index is 0.0323. The van der Waals surface area contributed by atoms with Gasteiger partial charge in [-0.2, -0.15) is 0 Å². The Morgan fingerprint density at radius 1 is 1.32 bits per heavy atom. The first-order valence-electron chi connectivity index (χ1n) is 6.55. The summed E-state index contributed by atoms with van der Waals surface area (Å²) in [4.78, 5) is 13.1. The molecule has 0 aliphatic carbocycles. The van der Waals surface area contributed by atoms with Gasteiger partial charge in [-0.3, -0.25) is 4.79 Å². The van der Waals surface area contributed by atoms with Gasteiger partial charge in [0.25, 0.3) is 5.91 Å². The third-order valence-corrected chi connectivity index (χ3v) is 3.94. The number of hydrogen-bond donors (Lipinski definition) is 1. The maximum absolute atomic E-state index is 12.0. The van der Waals surface area contributed by atoms with Crippen LogP contribution in [0.25, 0.3) is 0 Å². The van der Waals surface area contributed by atoms with Crippen LogP contribution in [0.4, 0.5) is 0 Å². The zero-order valence-corrected chi connectivity index (χ0v) is 12.2. The van der Waals surface area contributed by atoms with E-state index in [0.29, 0.717) is 0 Å². The van der Waals surface area contributed by atoms with Crippen molar-refractivity contribution in [1.82, 2.24) is 5.32 Å². The predicted molar refractivity (Wildman–Crippen MR) is 80.7 cm³/mol. The molecule has 1 amide bonds. The number of aryl methyl sites for hydroxylation is 2. The van der Waals surface area contributed by atoms with E-state index in [0.717, 1.165) is 18.4 Å². The van der Waals surface area contributed by atoms with Gasteiger partial charge in [-0.05, 0) is 38.3 Å². The second kappa shape index (κ2) is 6.53. The molecule has 19 heavy (non-hydrogen) atoms. The summed E-state index contributed by atoms with van der Waals surface area (Å²) in [6.45, 7) is 4.07. The van der Waals surface area contributed by atoms with Crippen molar-refractivity contribution in [2.24, 2.45) is 0 Å². The molecule has 0 spiro atoms. The highest BCUT2D eigenvalue weighted by Gasteiger charge is 2.10. The lowest BCUT2D eigenvalue weighted by atomic mass is 10.1. The lowest BCUT2D eigenvalue weighted by molar-refractivity contribution is 0.0939. The number of carbonyl (C=O) groups excluding carboxylic acids is 1. The fourth-order valence-corrected chi connectivity index (χ4v) is 2.65. The summed E-state index contributed by atoms with van der Waals surface area (Å²) >= 11 is 1.61. The Labute approximate surface area is 118 Å². The molecule has 0 aliphatic rings. The average Bonchev–Trinajstić information content (AvgIpc) is 2.84. The molecule has 0 saturated heterocycles. The molecule has 1 atom stereocenters. The van der Waals surface area contributed by atoms with Crippen LogP contribution in [0.2, 0.25) is 0 Å². The zero-order valence-electron chi connectivity index (χ0n) is 11.3. The van der Waals surface area contributed by atoms with Gasteiger partial charge in [0.1, 0.15) is 0 Å². The van der Waals surface area contributed by atoms with Crippen molar-refractivity contribution >= 4 is 17.2 Å². The van der Waals surface area contributed by atoms with Gasteiger partial charge in [0, 0.05) is 16.3 Å². The van der Waals surface area contributed by atoms with Crippen LogP contribution < -0.4 is 5.32 Å². The van der Waals surface area contributed by atoms with Gasteiger partial charge in [0.15, 0.2) is 0 Å². The highest BCUT2D eigenvalue weighted by Crippen LogP contribution is 2.13. The fraction of sp³-hybridized carbons (Fsp3) is 0.312. The van der Waals surface area contributed by atoms with Crippen molar-refractivity contribution in [3.63, 3.8) is 0 Å². The van der Waals surface area contributed by atoms with Gasteiger partial charge in [-0.15, -0.1) is 11.3 Å². The molecule has 100 valence electrons. The van der Waals surface area contributed by atoms with Crippen molar-refractivity contribution in [2.45, 2.75) is 32.7 Å². The number of nitrogens with one attached hydrogen (secondary N) is 1. The molecule has 1 aromatic heterocycles. The molecule has 2 nitrogen and oxygen atoms in total. The third-order valence-electron chi connectivity index (χ3n) is 3.08. The molecule has 0 fully saturated rings. The first-order chi connectivity index (χ1) is 9.15. The SMILES string of the molecule is Cc1cc(C(=O)N[C@H](C)CCc2ccccc2)cs1. The molecule has 2 rings (SSSR count). The molecule has 0 radical (unpaired) electrons. The average molecular weight is 273 g/mol. The van der Waals surface area contributed by atoms with E-state index in [9.17, 15) is 4.79 Å². The van der Waals surface area contributed by atoms with Gasteiger partial charge in [-0.1, -0.05) is 30.3 Å². The molecular weight excluding hydrogens is 254 g/mol. The Balaban J connectivity index is 1.81. The molecule has 0 unspecified atom stereocenters. The van der Waals surface area contributed by atoms with Crippen LogP contribution in [0.3, 0.4) is 0 Å². The van der Waals surface area contributed by atoms with Crippen molar-refractivity contribution in [3.8, 4) is 0 Å². The Morgan fingerprint density at radius 2 is 2.05 bits per heavy atom. The quantitative estimate of drug-likeness (QED) is 0.882. The Kier molecular flexibility index (Phi) is 4.74. The van der Waals surface area contributed by atoms with E-state index in [2.05, 4.69) is 24.4 Å². The van der Waals surface area contributed by atoms with E-state index >= 15 is 0 Å². The standard InChI is InChI=1S/C16H19NOS/c1-12(8-9-14-6-4-3-5-7-14)17-16(18)15-10-13(2)19-11-15/h3-7,10-12H,8-9H2,1-2H3,(H,17,18)/t12-/m1/s1. The minimum Gasteiger partial charge on any atom is -0.350 e. The molecule has 0 bridgehead atoms. The Hall–Kier alpha value is -1.61. The van der Waals surface area contributed by atoms with Crippen molar-refractivity contribution in [3.05, 3.63) is 57.8 Å². The highest BCUT2D eigenvalue weighted by molar-refractivity contribution is 7.10. The predicted octanol–water partition coefficient (Wildman–Crippen LogP) is 3.81. The smallest absolute Gasteiger partial charge is 0.252 e. The topological polar surface area (TPSA) is 29.1 Å².